The molecule has 0 radical (unpaired) electrons. The molecule has 29 heavy (non-hydrogen) atoms. The summed E-state index contributed by atoms with van der Waals surface area (Å²) in [6.45, 7) is 6.42. The number of amides is 1. The Bertz CT molecular complexity index is 911. The van der Waals surface area contributed by atoms with E-state index >= 15 is 0 Å². The standard InChI is InChI=1S/C20H24ClN5O2S/c1-3-25(4-2)17(18-9-6-10-28-18)12-22-19(27)13-29-20-24-23-14-26(20)16-8-5-7-15(21)11-16/h5-11,14,17H,3-4,12-13H2,1-2H3,(H,22,27). The Balaban J connectivity index is 1.58. The molecule has 0 aliphatic heterocycles. The lowest BCUT2D eigenvalue weighted by Crippen LogP contribution is -2.38. The maximum Gasteiger partial charge on any atom is 0.230 e. The second kappa shape index (κ2) is 10.5. The third kappa shape index (κ3) is 5.62. The lowest BCUT2D eigenvalue weighted by Gasteiger charge is -2.28. The maximum absolute atomic E-state index is 12.5. The number of benzene rings is 1. The second-order valence-electron chi connectivity index (χ2n) is 6.31. The van der Waals surface area contributed by atoms with Crippen LogP contribution >= 0.6 is 23.4 Å². The number of rotatable bonds is 10. The maximum atomic E-state index is 12.5. The molecule has 1 unspecified atom stereocenters. The van der Waals surface area contributed by atoms with Gasteiger partial charge in [-0.2, -0.15) is 0 Å². The number of carbonyl (C=O) groups is 1. The molecule has 0 aliphatic carbocycles. The predicted molar refractivity (Wildman–Crippen MR) is 114 cm³/mol. The fourth-order valence-electron chi connectivity index (χ4n) is 3.07. The van der Waals surface area contributed by atoms with Crippen LogP contribution in [0, 0.1) is 0 Å². The summed E-state index contributed by atoms with van der Waals surface area (Å²) < 4.78 is 7.39. The van der Waals surface area contributed by atoms with Gasteiger partial charge in [-0.1, -0.05) is 43.3 Å². The first-order chi connectivity index (χ1) is 14.1. The van der Waals surface area contributed by atoms with Gasteiger partial charge in [-0.15, -0.1) is 10.2 Å². The number of furan rings is 1. The molecule has 1 aromatic carbocycles. The van der Waals surface area contributed by atoms with Crippen molar-refractivity contribution in [2.75, 3.05) is 25.4 Å². The Hall–Kier alpha value is -2.29. The van der Waals surface area contributed by atoms with E-state index in [4.69, 9.17) is 16.0 Å². The van der Waals surface area contributed by atoms with Crippen molar-refractivity contribution in [1.82, 2.24) is 25.0 Å². The minimum absolute atomic E-state index is 0.00376. The second-order valence-corrected chi connectivity index (χ2v) is 7.69. The Labute approximate surface area is 179 Å². The topological polar surface area (TPSA) is 76.2 Å². The number of carbonyl (C=O) groups excluding carboxylic acids is 1. The van der Waals surface area contributed by atoms with Crippen molar-refractivity contribution in [3.05, 3.63) is 59.8 Å². The van der Waals surface area contributed by atoms with Crippen LogP contribution < -0.4 is 5.32 Å². The first-order valence-electron chi connectivity index (χ1n) is 9.45. The van der Waals surface area contributed by atoms with Gasteiger partial charge in [0.05, 0.1) is 23.7 Å². The van der Waals surface area contributed by atoms with E-state index < -0.39 is 0 Å². The molecule has 1 N–H and O–H groups in total. The zero-order valence-corrected chi connectivity index (χ0v) is 18.0. The van der Waals surface area contributed by atoms with Gasteiger partial charge in [-0.05, 0) is 43.4 Å². The summed E-state index contributed by atoms with van der Waals surface area (Å²) in [7, 11) is 0. The normalized spacial score (nSPS) is 12.3. The lowest BCUT2D eigenvalue weighted by molar-refractivity contribution is -0.118. The van der Waals surface area contributed by atoms with Crippen LogP contribution in [0.5, 0.6) is 0 Å². The number of nitrogens with zero attached hydrogens (tertiary/aromatic N) is 4. The van der Waals surface area contributed by atoms with Gasteiger partial charge >= 0.3 is 0 Å². The largest absolute Gasteiger partial charge is 0.468 e. The Morgan fingerprint density at radius 2 is 2.14 bits per heavy atom. The monoisotopic (exact) mass is 433 g/mol. The SMILES string of the molecule is CCN(CC)C(CNC(=O)CSc1nncn1-c1cccc(Cl)c1)c1ccco1. The van der Waals surface area contributed by atoms with Crippen LogP contribution in [0.15, 0.2) is 58.6 Å². The highest BCUT2D eigenvalue weighted by Gasteiger charge is 2.21. The average Bonchev–Trinajstić information content (AvgIpc) is 3.41. The molecule has 7 nitrogen and oxygen atoms in total. The van der Waals surface area contributed by atoms with Gasteiger partial charge in [0.2, 0.25) is 5.91 Å². The molecule has 154 valence electrons. The highest BCUT2D eigenvalue weighted by Crippen LogP contribution is 2.22. The van der Waals surface area contributed by atoms with E-state index in [1.165, 1.54) is 11.8 Å². The number of halogens is 1. The van der Waals surface area contributed by atoms with Crippen LogP contribution in [0.4, 0.5) is 0 Å². The van der Waals surface area contributed by atoms with Gasteiger partial charge in [0.1, 0.15) is 12.1 Å². The summed E-state index contributed by atoms with van der Waals surface area (Å²) in [6, 6.07) is 11.2. The van der Waals surface area contributed by atoms with Gasteiger partial charge in [-0.3, -0.25) is 14.3 Å². The Morgan fingerprint density at radius 1 is 1.31 bits per heavy atom. The number of likely N-dealkylation sites (N-methyl/N-ethyl adjacent to an activating group) is 1. The molecule has 0 saturated heterocycles. The minimum Gasteiger partial charge on any atom is -0.468 e. The molecule has 0 spiro atoms. The highest BCUT2D eigenvalue weighted by molar-refractivity contribution is 7.99. The fourth-order valence-corrected chi connectivity index (χ4v) is 4.02. The smallest absolute Gasteiger partial charge is 0.230 e. The third-order valence-corrected chi connectivity index (χ3v) is 5.73. The van der Waals surface area contributed by atoms with Crippen molar-refractivity contribution in [3.63, 3.8) is 0 Å². The molecule has 0 fully saturated rings. The number of thioether (sulfide) groups is 1. The minimum atomic E-state index is -0.0700. The van der Waals surface area contributed by atoms with E-state index in [0.29, 0.717) is 16.7 Å². The van der Waals surface area contributed by atoms with Crippen molar-refractivity contribution in [1.29, 1.82) is 0 Å². The van der Waals surface area contributed by atoms with Crippen molar-refractivity contribution < 1.29 is 9.21 Å². The summed E-state index contributed by atoms with van der Waals surface area (Å²) in [4.78, 5) is 14.7. The van der Waals surface area contributed by atoms with E-state index in [0.717, 1.165) is 24.5 Å². The summed E-state index contributed by atoms with van der Waals surface area (Å²) in [5.41, 5.74) is 0.852. The summed E-state index contributed by atoms with van der Waals surface area (Å²) >= 11 is 7.40. The molecule has 1 amide bonds. The molecular weight excluding hydrogens is 410 g/mol. The van der Waals surface area contributed by atoms with Gasteiger partial charge in [0, 0.05) is 11.6 Å². The molecule has 0 bridgehead atoms. The molecule has 2 heterocycles. The first-order valence-corrected chi connectivity index (χ1v) is 10.8. The number of aromatic nitrogens is 3. The number of nitrogens with one attached hydrogen (secondary N) is 1. The molecule has 0 aliphatic rings. The molecule has 3 rings (SSSR count). The van der Waals surface area contributed by atoms with E-state index in [1.807, 2.05) is 34.9 Å². The van der Waals surface area contributed by atoms with Crippen LogP contribution in [0.3, 0.4) is 0 Å². The van der Waals surface area contributed by atoms with Gasteiger partial charge in [0.25, 0.3) is 0 Å². The zero-order valence-electron chi connectivity index (χ0n) is 16.4. The molecule has 3 aromatic rings. The Morgan fingerprint density at radius 3 is 2.83 bits per heavy atom. The van der Waals surface area contributed by atoms with Crippen molar-refractivity contribution >= 4 is 29.3 Å². The fraction of sp³-hybridized carbons (Fsp3) is 0.350. The molecule has 9 heteroatoms. The van der Waals surface area contributed by atoms with Crippen molar-refractivity contribution in [2.24, 2.45) is 0 Å². The van der Waals surface area contributed by atoms with Crippen LogP contribution in [0.1, 0.15) is 25.6 Å². The number of hydrogen-bond acceptors (Lipinski definition) is 6. The molecule has 0 saturated carbocycles. The van der Waals surface area contributed by atoms with Gasteiger partial charge in [-0.25, -0.2) is 0 Å². The van der Waals surface area contributed by atoms with Crippen LogP contribution in [-0.4, -0.2) is 51.0 Å². The molecule has 1 atom stereocenters. The van der Waals surface area contributed by atoms with E-state index in [2.05, 4.69) is 34.3 Å². The molecule has 2 aromatic heterocycles. The average molecular weight is 434 g/mol. The predicted octanol–water partition coefficient (Wildman–Crippen LogP) is 3.81. The van der Waals surface area contributed by atoms with Crippen LogP contribution in [0.2, 0.25) is 5.02 Å². The first kappa shape index (κ1) is 21.4. The van der Waals surface area contributed by atoms with E-state index in [-0.39, 0.29) is 17.7 Å². The van der Waals surface area contributed by atoms with Crippen molar-refractivity contribution in [2.45, 2.75) is 25.0 Å². The van der Waals surface area contributed by atoms with E-state index in [9.17, 15) is 4.79 Å². The highest BCUT2D eigenvalue weighted by atomic mass is 35.5. The lowest BCUT2D eigenvalue weighted by atomic mass is 10.2. The van der Waals surface area contributed by atoms with Gasteiger partial charge < -0.3 is 9.73 Å². The third-order valence-electron chi connectivity index (χ3n) is 4.55. The van der Waals surface area contributed by atoms with Gasteiger partial charge in [0.15, 0.2) is 5.16 Å². The van der Waals surface area contributed by atoms with Crippen LogP contribution in [-0.2, 0) is 4.79 Å². The summed E-state index contributed by atoms with van der Waals surface area (Å²) in [5.74, 6) is 1.02. The Kier molecular flexibility index (Phi) is 7.74. The van der Waals surface area contributed by atoms with E-state index in [1.54, 1.807) is 18.7 Å². The quantitative estimate of drug-likeness (QED) is 0.490. The molecular formula is C20H24ClN5O2S. The van der Waals surface area contributed by atoms with Crippen LogP contribution in [0.25, 0.3) is 5.69 Å². The zero-order chi connectivity index (χ0) is 20.6. The van der Waals surface area contributed by atoms with Crippen molar-refractivity contribution in [3.8, 4) is 5.69 Å². The number of hydrogen-bond donors (Lipinski definition) is 1. The summed E-state index contributed by atoms with van der Waals surface area (Å²) in [6.07, 6.45) is 3.27. The summed E-state index contributed by atoms with van der Waals surface area (Å²) in [5, 5.41) is 12.3.